The number of hydrogen-bond acceptors (Lipinski definition) is 3. The van der Waals surface area contributed by atoms with Gasteiger partial charge in [0.1, 0.15) is 21.9 Å². The molecule has 1 aromatic carbocycles. The standard InChI is InChI=1S/C14H18BrN3O/c1-8-5-9(2)13(19-4)10(6-8)12-14(15)18(3)11(7-16)17-12/h5-6H,7,16H2,1-4H3. The zero-order valence-corrected chi connectivity index (χ0v) is 13.2. The minimum absolute atomic E-state index is 0.405. The molecule has 4 nitrogen and oxygen atoms in total. The molecule has 0 aliphatic carbocycles. The van der Waals surface area contributed by atoms with Gasteiger partial charge in [0.05, 0.1) is 13.7 Å². The quantitative estimate of drug-likeness (QED) is 0.944. The predicted octanol–water partition coefficient (Wildman–Crippen LogP) is 2.93. The number of methoxy groups -OCH3 is 1. The van der Waals surface area contributed by atoms with Crippen molar-refractivity contribution in [1.29, 1.82) is 0 Å². The molecule has 0 atom stereocenters. The molecule has 1 heterocycles. The van der Waals surface area contributed by atoms with E-state index in [1.165, 1.54) is 5.56 Å². The van der Waals surface area contributed by atoms with Crippen LogP contribution < -0.4 is 10.5 Å². The van der Waals surface area contributed by atoms with Crippen LogP contribution in [0.4, 0.5) is 0 Å². The highest BCUT2D eigenvalue weighted by molar-refractivity contribution is 9.10. The van der Waals surface area contributed by atoms with E-state index in [0.29, 0.717) is 6.54 Å². The summed E-state index contributed by atoms with van der Waals surface area (Å²) in [6.07, 6.45) is 0. The van der Waals surface area contributed by atoms with Gasteiger partial charge in [-0.25, -0.2) is 4.98 Å². The summed E-state index contributed by atoms with van der Waals surface area (Å²) >= 11 is 3.58. The van der Waals surface area contributed by atoms with Crippen LogP contribution in [0.15, 0.2) is 16.7 Å². The van der Waals surface area contributed by atoms with Crippen LogP contribution in [0.5, 0.6) is 5.75 Å². The Kier molecular flexibility index (Phi) is 3.96. The third-order valence-electron chi connectivity index (χ3n) is 3.18. The Hall–Kier alpha value is -1.33. The van der Waals surface area contributed by atoms with Gasteiger partial charge in [0.25, 0.3) is 0 Å². The second kappa shape index (κ2) is 5.35. The van der Waals surface area contributed by atoms with Crippen LogP contribution in [-0.4, -0.2) is 16.7 Å². The molecular weight excluding hydrogens is 306 g/mol. The number of aromatic nitrogens is 2. The van der Waals surface area contributed by atoms with Gasteiger partial charge in [-0.3, -0.25) is 0 Å². The molecule has 1 aromatic heterocycles. The van der Waals surface area contributed by atoms with E-state index in [1.54, 1.807) is 7.11 Å². The van der Waals surface area contributed by atoms with Crippen LogP contribution in [0.2, 0.25) is 0 Å². The zero-order chi connectivity index (χ0) is 14.2. The van der Waals surface area contributed by atoms with Crippen LogP contribution in [0.1, 0.15) is 17.0 Å². The highest BCUT2D eigenvalue weighted by Crippen LogP contribution is 2.37. The smallest absolute Gasteiger partial charge is 0.131 e. The van der Waals surface area contributed by atoms with Crippen molar-refractivity contribution in [2.45, 2.75) is 20.4 Å². The molecule has 0 radical (unpaired) electrons. The number of imidazole rings is 1. The fourth-order valence-corrected chi connectivity index (χ4v) is 2.78. The average molecular weight is 324 g/mol. The summed E-state index contributed by atoms with van der Waals surface area (Å²) in [5.41, 5.74) is 9.84. The van der Waals surface area contributed by atoms with Crippen molar-refractivity contribution in [3.8, 4) is 17.0 Å². The van der Waals surface area contributed by atoms with E-state index in [4.69, 9.17) is 10.5 Å². The monoisotopic (exact) mass is 323 g/mol. The molecule has 0 bridgehead atoms. The molecule has 5 heteroatoms. The Balaban J connectivity index is 2.71. The molecule has 0 saturated carbocycles. The lowest BCUT2D eigenvalue weighted by atomic mass is 10.0. The van der Waals surface area contributed by atoms with Crippen LogP contribution in [0, 0.1) is 13.8 Å². The van der Waals surface area contributed by atoms with Crippen LogP contribution >= 0.6 is 15.9 Å². The van der Waals surface area contributed by atoms with E-state index in [-0.39, 0.29) is 0 Å². The Morgan fingerprint density at radius 1 is 1.37 bits per heavy atom. The Morgan fingerprint density at radius 3 is 2.58 bits per heavy atom. The minimum atomic E-state index is 0.405. The summed E-state index contributed by atoms with van der Waals surface area (Å²) in [6, 6.07) is 4.18. The van der Waals surface area contributed by atoms with Crippen molar-refractivity contribution in [1.82, 2.24) is 9.55 Å². The van der Waals surface area contributed by atoms with Crippen molar-refractivity contribution in [2.75, 3.05) is 7.11 Å². The van der Waals surface area contributed by atoms with Crippen molar-refractivity contribution < 1.29 is 4.74 Å². The molecule has 2 aromatic rings. The number of nitrogens with zero attached hydrogens (tertiary/aromatic N) is 2. The summed E-state index contributed by atoms with van der Waals surface area (Å²) in [6.45, 7) is 4.51. The fraction of sp³-hybridized carbons (Fsp3) is 0.357. The highest BCUT2D eigenvalue weighted by Gasteiger charge is 2.18. The van der Waals surface area contributed by atoms with E-state index in [2.05, 4.69) is 40.0 Å². The molecule has 0 fully saturated rings. The largest absolute Gasteiger partial charge is 0.496 e. The molecular formula is C14H18BrN3O. The average Bonchev–Trinajstić information content (AvgIpc) is 2.65. The van der Waals surface area contributed by atoms with E-state index in [1.807, 2.05) is 18.5 Å². The summed E-state index contributed by atoms with van der Waals surface area (Å²) in [7, 11) is 3.62. The van der Waals surface area contributed by atoms with Crippen molar-refractivity contribution >= 4 is 15.9 Å². The lowest BCUT2D eigenvalue weighted by Crippen LogP contribution is -2.04. The van der Waals surface area contributed by atoms with Crippen LogP contribution in [-0.2, 0) is 13.6 Å². The first-order valence-corrected chi connectivity index (χ1v) is 6.85. The van der Waals surface area contributed by atoms with Gasteiger partial charge in [-0.05, 0) is 47.0 Å². The molecule has 19 heavy (non-hydrogen) atoms. The first-order valence-electron chi connectivity index (χ1n) is 6.06. The molecule has 0 saturated heterocycles. The van der Waals surface area contributed by atoms with Gasteiger partial charge >= 0.3 is 0 Å². The van der Waals surface area contributed by atoms with Crippen molar-refractivity contribution in [3.05, 3.63) is 33.7 Å². The third kappa shape index (κ3) is 2.40. The fourth-order valence-electron chi connectivity index (χ4n) is 2.28. The van der Waals surface area contributed by atoms with E-state index >= 15 is 0 Å². The topological polar surface area (TPSA) is 53.1 Å². The molecule has 0 unspecified atom stereocenters. The Bertz CT molecular complexity index is 620. The number of halogens is 1. The van der Waals surface area contributed by atoms with Crippen molar-refractivity contribution in [3.63, 3.8) is 0 Å². The number of aryl methyl sites for hydroxylation is 2. The SMILES string of the molecule is COc1c(C)cc(C)cc1-c1nc(CN)n(C)c1Br. The number of benzene rings is 1. The summed E-state index contributed by atoms with van der Waals surface area (Å²) in [4.78, 5) is 4.60. The first kappa shape index (κ1) is 14.1. The number of nitrogens with two attached hydrogens (primary N) is 1. The maximum Gasteiger partial charge on any atom is 0.131 e. The maximum atomic E-state index is 5.71. The molecule has 2 rings (SSSR count). The summed E-state index contributed by atoms with van der Waals surface area (Å²) in [5, 5.41) is 0. The van der Waals surface area contributed by atoms with Gasteiger partial charge in [-0.1, -0.05) is 6.07 Å². The highest BCUT2D eigenvalue weighted by atomic mass is 79.9. The van der Waals surface area contributed by atoms with Gasteiger partial charge in [0, 0.05) is 12.6 Å². The Morgan fingerprint density at radius 2 is 2.05 bits per heavy atom. The minimum Gasteiger partial charge on any atom is -0.496 e. The van der Waals surface area contributed by atoms with Gasteiger partial charge in [-0.2, -0.15) is 0 Å². The van der Waals surface area contributed by atoms with Gasteiger partial charge in [0.2, 0.25) is 0 Å². The van der Waals surface area contributed by atoms with Crippen LogP contribution in [0.25, 0.3) is 11.3 Å². The molecule has 0 spiro atoms. The molecule has 2 N–H and O–H groups in total. The van der Waals surface area contributed by atoms with Crippen molar-refractivity contribution in [2.24, 2.45) is 12.8 Å². The van der Waals surface area contributed by atoms with E-state index < -0.39 is 0 Å². The van der Waals surface area contributed by atoms with Gasteiger partial charge in [-0.15, -0.1) is 0 Å². The number of ether oxygens (including phenoxy) is 1. The lowest BCUT2D eigenvalue weighted by molar-refractivity contribution is 0.413. The third-order valence-corrected chi connectivity index (χ3v) is 4.09. The number of rotatable bonds is 3. The molecule has 0 aliphatic heterocycles. The van der Waals surface area contributed by atoms with E-state index in [9.17, 15) is 0 Å². The Labute approximate surface area is 121 Å². The predicted molar refractivity (Wildman–Crippen MR) is 80.3 cm³/mol. The molecule has 0 amide bonds. The normalized spacial score (nSPS) is 10.8. The summed E-state index contributed by atoms with van der Waals surface area (Å²) < 4.78 is 8.39. The lowest BCUT2D eigenvalue weighted by Gasteiger charge is -2.11. The molecule has 0 aliphatic rings. The van der Waals surface area contributed by atoms with Crippen LogP contribution in [0.3, 0.4) is 0 Å². The second-order valence-corrected chi connectivity index (χ2v) is 5.34. The first-order chi connectivity index (χ1) is 8.99. The molecule has 102 valence electrons. The van der Waals surface area contributed by atoms with Gasteiger partial charge < -0.3 is 15.0 Å². The van der Waals surface area contributed by atoms with Gasteiger partial charge in [0.15, 0.2) is 0 Å². The summed E-state index contributed by atoms with van der Waals surface area (Å²) in [5.74, 6) is 1.69. The maximum absolute atomic E-state index is 5.71. The second-order valence-electron chi connectivity index (χ2n) is 4.59. The van der Waals surface area contributed by atoms with E-state index in [0.717, 1.165) is 33.0 Å². The zero-order valence-electron chi connectivity index (χ0n) is 11.6. The number of hydrogen-bond donors (Lipinski definition) is 1.